The summed E-state index contributed by atoms with van der Waals surface area (Å²) in [7, 11) is 0. The zero-order valence-electron chi connectivity index (χ0n) is 10.2. The topological polar surface area (TPSA) is 49.4 Å². The molecule has 1 aromatic carbocycles. The maximum absolute atomic E-state index is 12.0. The predicted molar refractivity (Wildman–Crippen MR) is 65.9 cm³/mol. The lowest BCUT2D eigenvalue weighted by atomic mass is 10.2. The first-order chi connectivity index (χ1) is 9.08. The number of halogens is 2. The quantitative estimate of drug-likeness (QED) is 0.903. The van der Waals surface area contributed by atoms with Crippen molar-refractivity contribution in [2.75, 3.05) is 11.4 Å². The minimum Gasteiger partial charge on any atom is -0.347 e. The molecule has 0 saturated carbocycles. The molecule has 1 saturated heterocycles. The van der Waals surface area contributed by atoms with Gasteiger partial charge in [0.05, 0.1) is 0 Å². The highest BCUT2D eigenvalue weighted by molar-refractivity contribution is 5.95. The van der Waals surface area contributed by atoms with Gasteiger partial charge in [0.25, 0.3) is 5.91 Å². The van der Waals surface area contributed by atoms with Gasteiger partial charge < -0.3 is 10.2 Å². The molecule has 1 fully saturated rings. The van der Waals surface area contributed by atoms with Gasteiger partial charge in [-0.15, -0.1) is 0 Å². The zero-order valence-corrected chi connectivity index (χ0v) is 10.2. The van der Waals surface area contributed by atoms with Crippen LogP contribution >= 0.6 is 0 Å². The minimum absolute atomic E-state index is 0.0530. The van der Waals surface area contributed by atoms with Crippen molar-refractivity contribution >= 4 is 17.5 Å². The Labute approximate surface area is 109 Å². The Morgan fingerprint density at radius 1 is 1.32 bits per heavy atom. The molecule has 1 heterocycles. The molecule has 0 aromatic heterocycles. The Bertz CT molecular complexity index is 474. The van der Waals surface area contributed by atoms with Crippen molar-refractivity contribution in [3.8, 4) is 0 Å². The maximum Gasteiger partial charge on any atom is 0.315 e. The Balaban J connectivity index is 1.95. The third kappa shape index (κ3) is 3.27. The second-order valence-corrected chi connectivity index (χ2v) is 4.33. The first-order valence-corrected chi connectivity index (χ1v) is 6.03. The molecule has 2 amide bonds. The average Bonchev–Trinajstić information content (AvgIpc) is 2.82. The molecule has 0 radical (unpaired) electrons. The van der Waals surface area contributed by atoms with Crippen LogP contribution in [-0.4, -0.2) is 24.8 Å². The summed E-state index contributed by atoms with van der Waals surface area (Å²) in [5.74, 6) is -1.18. The molecule has 4 nitrogen and oxygen atoms in total. The third-order valence-electron chi connectivity index (χ3n) is 2.99. The first kappa shape index (κ1) is 13.5. The molecule has 0 bridgehead atoms. The number of rotatable bonds is 4. The van der Waals surface area contributed by atoms with E-state index >= 15 is 0 Å². The number of hydrogen-bond acceptors (Lipinski definition) is 2. The van der Waals surface area contributed by atoms with Gasteiger partial charge in [-0.3, -0.25) is 9.59 Å². The SMILES string of the molecule is O=C(NCc1ccc(N2CCCC2=O)cc1)C(F)F. The standard InChI is InChI=1S/C13H14F2N2O2/c14-12(15)13(19)16-8-9-3-5-10(6-4-9)17-7-1-2-11(17)18/h3-6,12H,1-2,7-8H2,(H,16,19). The molecule has 1 aliphatic rings. The molecule has 102 valence electrons. The molecule has 0 atom stereocenters. The number of carbonyl (C=O) groups is 2. The van der Waals surface area contributed by atoms with Crippen LogP contribution in [0.2, 0.25) is 0 Å². The normalized spacial score (nSPS) is 15.1. The van der Waals surface area contributed by atoms with Crippen LogP contribution < -0.4 is 10.2 Å². The molecule has 1 aromatic rings. The number of anilines is 1. The minimum atomic E-state index is -3.00. The average molecular weight is 268 g/mol. The van der Waals surface area contributed by atoms with Gasteiger partial charge in [-0.25, -0.2) is 0 Å². The smallest absolute Gasteiger partial charge is 0.315 e. The van der Waals surface area contributed by atoms with Crippen LogP contribution in [0.25, 0.3) is 0 Å². The van der Waals surface area contributed by atoms with Crippen molar-refractivity contribution in [3.63, 3.8) is 0 Å². The van der Waals surface area contributed by atoms with Crippen molar-refractivity contribution in [2.45, 2.75) is 25.8 Å². The van der Waals surface area contributed by atoms with Crippen LogP contribution in [0.5, 0.6) is 0 Å². The molecule has 0 unspecified atom stereocenters. The Morgan fingerprint density at radius 3 is 2.53 bits per heavy atom. The molecule has 0 spiro atoms. The van der Waals surface area contributed by atoms with Crippen molar-refractivity contribution in [3.05, 3.63) is 29.8 Å². The van der Waals surface area contributed by atoms with Crippen LogP contribution in [0.3, 0.4) is 0 Å². The van der Waals surface area contributed by atoms with Crippen LogP contribution in [0.4, 0.5) is 14.5 Å². The second-order valence-electron chi connectivity index (χ2n) is 4.33. The van der Waals surface area contributed by atoms with E-state index in [1.165, 1.54) is 0 Å². The molecular weight excluding hydrogens is 254 g/mol. The lowest BCUT2D eigenvalue weighted by Gasteiger charge is -2.16. The molecule has 6 heteroatoms. The number of nitrogens with one attached hydrogen (secondary N) is 1. The molecule has 2 rings (SSSR count). The van der Waals surface area contributed by atoms with Gasteiger partial charge in [-0.2, -0.15) is 8.78 Å². The van der Waals surface area contributed by atoms with Gasteiger partial charge in [0.2, 0.25) is 5.91 Å². The lowest BCUT2D eigenvalue weighted by Crippen LogP contribution is -2.29. The van der Waals surface area contributed by atoms with Gasteiger partial charge in [-0.05, 0) is 24.1 Å². The lowest BCUT2D eigenvalue weighted by molar-refractivity contribution is -0.131. The van der Waals surface area contributed by atoms with E-state index in [-0.39, 0.29) is 12.5 Å². The second kappa shape index (κ2) is 5.77. The number of nitrogens with zero attached hydrogens (tertiary/aromatic N) is 1. The van der Waals surface area contributed by atoms with E-state index in [1.54, 1.807) is 29.2 Å². The van der Waals surface area contributed by atoms with E-state index in [2.05, 4.69) is 5.32 Å². The van der Waals surface area contributed by atoms with Gasteiger partial charge in [0, 0.05) is 25.2 Å². The Hall–Kier alpha value is -1.98. The Kier molecular flexibility index (Phi) is 4.09. The summed E-state index contributed by atoms with van der Waals surface area (Å²) >= 11 is 0. The largest absolute Gasteiger partial charge is 0.347 e. The van der Waals surface area contributed by atoms with E-state index in [0.717, 1.165) is 12.1 Å². The number of alkyl halides is 2. The highest BCUT2D eigenvalue weighted by atomic mass is 19.3. The van der Waals surface area contributed by atoms with E-state index < -0.39 is 12.3 Å². The third-order valence-corrected chi connectivity index (χ3v) is 2.99. The summed E-state index contributed by atoms with van der Waals surface area (Å²) in [6, 6.07) is 6.94. The van der Waals surface area contributed by atoms with E-state index in [4.69, 9.17) is 0 Å². The van der Waals surface area contributed by atoms with Crippen LogP contribution in [0, 0.1) is 0 Å². The summed E-state index contributed by atoms with van der Waals surface area (Å²) in [6.07, 6.45) is -1.58. The van der Waals surface area contributed by atoms with Crippen molar-refractivity contribution in [1.29, 1.82) is 0 Å². The summed E-state index contributed by atoms with van der Waals surface area (Å²) < 4.78 is 24.0. The van der Waals surface area contributed by atoms with Crippen LogP contribution in [0.15, 0.2) is 24.3 Å². The fourth-order valence-electron chi connectivity index (χ4n) is 1.98. The van der Waals surface area contributed by atoms with Crippen molar-refractivity contribution in [1.82, 2.24) is 5.32 Å². The van der Waals surface area contributed by atoms with Gasteiger partial charge in [-0.1, -0.05) is 12.1 Å². The van der Waals surface area contributed by atoms with Gasteiger partial charge in [0.15, 0.2) is 0 Å². The van der Waals surface area contributed by atoms with Gasteiger partial charge >= 0.3 is 6.43 Å². The van der Waals surface area contributed by atoms with E-state index in [9.17, 15) is 18.4 Å². The summed E-state index contributed by atoms with van der Waals surface area (Å²) in [4.78, 5) is 24.0. The molecule has 0 aliphatic carbocycles. The highest BCUT2D eigenvalue weighted by Gasteiger charge is 2.21. The maximum atomic E-state index is 12.0. The zero-order chi connectivity index (χ0) is 13.8. The highest BCUT2D eigenvalue weighted by Crippen LogP contribution is 2.21. The number of benzene rings is 1. The van der Waals surface area contributed by atoms with Crippen LogP contribution in [-0.2, 0) is 16.1 Å². The molecular formula is C13H14F2N2O2. The molecule has 1 aliphatic heterocycles. The molecule has 1 N–H and O–H groups in total. The predicted octanol–water partition coefficient (Wildman–Crippen LogP) is 1.69. The van der Waals surface area contributed by atoms with Crippen molar-refractivity contribution < 1.29 is 18.4 Å². The number of amides is 2. The number of carbonyl (C=O) groups excluding carboxylic acids is 2. The first-order valence-electron chi connectivity index (χ1n) is 6.03. The van der Waals surface area contributed by atoms with Crippen LogP contribution in [0.1, 0.15) is 18.4 Å². The molecule has 19 heavy (non-hydrogen) atoms. The number of hydrogen-bond donors (Lipinski definition) is 1. The van der Waals surface area contributed by atoms with E-state index in [0.29, 0.717) is 18.5 Å². The monoisotopic (exact) mass is 268 g/mol. The van der Waals surface area contributed by atoms with E-state index in [1.807, 2.05) is 0 Å². The fourth-order valence-corrected chi connectivity index (χ4v) is 1.98. The van der Waals surface area contributed by atoms with Crippen molar-refractivity contribution in [2.24, 2.45) is 0 Å². The summed E-state index contributed by atoms with van der Waals surface area (Å²) in [5.41, 5.74) is 1.51. The fraction of sp³-hybridized carbons (Fsp3) is 0.385. The Morgan fingerprint density at radius 2 is 2.00 bits per heavy atom. The summed E-state index contributed by atoms with van der Waals surface area (Å²) in [5, 5.41) is 2.13. The summed E-state index contributed by atoms with van der Waals surface area (Å²) in [6.45, 7) is 0.762. The van der Waals surface area contributed by atoms with Gasteiger partial charge in [0.1, 0.15) is 0 Å².